The van der Waals surface area contributed by atoms with Gasteiger partial charge in [-0.15, -0.1) is 0 Å². The monoisotopic (exact) mass is 346 g/mol. The first-order valence-electron chi connectivity index (χ1n) is 7.53. The van der Waals surface area contributed by atoms with Crippen LogP contribution in [0.2, 0.25) is 5.02 Å². The van der Waals surface area contributed by atoms with Crippen LogP contribution in [0.4, 0.5) is 0 Å². The van der Waals surface area contributed by atoms with E-state index in [-0.39, 0.29) is 6.10 Å². The molecule has 0 aromatic heterocycles. The largest absolute Gasteiger partial charge is 0.378 e. The summed E-state index contributed by atoms with van der Waals surface area (Å²) in [5.41, 5.74) is 6.04. The summed E-state index contributed by atoms with van der Waals surface area (Å²) >= 11 is 6.04. The minimum absolute atomic E-state index is 0.124. The Bertz CT molecular complexity index is 599. The summed E-state index contributed by atoms with van der Waals surface area (Å²) in [6.45, 7) is 3.93. The third-order valence-electron chi connectivity index (χ3n) is 3.94. The lowest BCUT2D eigenvalue weighted by atomic mass is 10.1. The molecule has 0 unspecified atom stereocenters. The molecule has 1 aromatic rings. The molecule has 1 fully saturated rings. The zero-order valence-corrected chi connectivity index (χ0v) is 14.4. The molecule has 124 valence electrons. The Morgan fingerprint density at radius 2 is 2.05 bits per heavy atom. The number of rotatable bonds is 6. The fraction of sp³-hybridized carbons (Fsp3) is 0.600. The summed E-state index contributed by atoms with van der Waals surface area (Å²) in [7, 11) is -3.49. The van der Waals surface area contributed by atoms with Gasteiger partial charge in [0.2, 0.25) is 10.0 Å². The maximum Gasteiger partial charge on any atom is 0.243 e. The Hall–Kier alpha value is -0.660. The number of hydrogen-bond acceptors (Lipinski definition) is 4. The maximum absolute atomic E-state index is 12.7. The first-order chi connectivity index (χ1) is 10.5. The van der Waals surface area contributed by atoms with Gasteiger partial charge >= 0.3 is 0 Å². The number of benzene rings is 1. The number of halogens is 1. The van der Waals surface area contributed by atoms with E-state index in [2.05, 4.69) is 0 Å². The topological polar surface area (TPSA) is 72.6 Å². The second kappa shape index (κ2) is 7.75. The third kappa shape index (κ3) is 4.00. The summed E-state index contributed by atoms with van der Waals surface area (Å²) in [5, 5.41) is 0.473. The van der Waals surface area contributed by atoms with Gasteiger partial charge in [0.15, 0.2) is 0 Å². The number of piperidine rings is 1. The van der Waals surface area contributed by atoms with Gasteiger partial charge in [-0.2, -0.15) is 4.31 Å². The fourth-order valence-corrected chi connectivity index (χ4v) is 4.53. The molecule has 5 nitrogen and oxygen atoms in total. The molecule has 0 aliphatic carbocycles. The zero-order valence-electron chi connectivity index (χ0n) is 12.8. The highest BCUT2D eigenvalue weighted by molar-refractivity contribution is 7.89. The van der Waals surface area contributed by atoms with Crippen molar-refractivity contribution in [1.82, 2.24) is 4.31 Å². The lowest BCUT2D eigenvalue weighted by Gasteiger charge is -2.31. The molecule has 22 heavy (non-hydrogen) atoms. The van der Waals surface area contributed by atoms with Crippen molar-refractivity contribution in [3.63, 3.8) is 0 Å². The smallest absolute Gasteiger partial charge is 0.243 e. The SMILES string of the molecule is Cc1c(Cl)cccc1S(=O)(=O)N1CCC(OCCCN)CC1. The maximum atomic E-state index is 12.7. The number of ether oxygens (including phenoxy) is 1. The fourth-order valence-electron chi connectivity index (χ4n) is 2.58. The van der Waals surface area contributed by atoms with E-state index in [1.54, 1.807) is 25.1 Å². The molecule has 2 N–H and O–H groups in total. The van der Waals surface area contributed by atoms with E-state index in [0.29, 0.717) is 54.6 Å². The van der Waals surface area contributed by atoms with E-state index in [1.807, 2.05) is 0 Å². The van der Waals surface area contributed by atoms with Crippen molar-refractivity contribution in [2.24, 2.45) is 5.73 Å². The van der Waals surface area contributed by atoms with Crippen molar-refractivity contribution in [2.75, 3.05) is 26.2 Å². The lowest BCUT2D eigenvalue weighted by Crippen LogP contribution is -2.41. The summed E-state index contributed by atoms with van der Waals surface area (Å²) in [4.78, 5) is 0.294. The van der Waals surface area contributed by atoms with Crippen molar-refractivity contribution in [2.45, 2.75) is 37.2 Å². The first kappa shape index (κ1) is 17.7. The van der Waals surface area contributed by atoms with Crippen molar-refractivity contribution in [3.05, 3.63) is 28.8 Å². The molecule has 0 bridgehead atoms. The molecular weight excluding hydrogens is 324 g/mol. The molecule has 1 heterocycles. The van der Waals surface area contributed by atoms with Crippen molar-refractivity contribution >= 4 is 21.6 Å². The Labute approximate surface area is 137 Å². The van der Waals surface area contributed by atoms with Crippen molar-refractivity contribution in [1.29, 1.82) is 0 Å². The van der Waals surface area contributed by atoms with Crippen molar-refractivity contribution in [3.8, 4) is 0 Å². The van der Waals surface area contributed by atoms with Crippen LogP contribution in [-0.4, -0.2) is 45.1 Å². The molecular formula is C15H23ClN2O3S. The van der Waals surface area contributed by atoms with Crippen LogP contribution in [0.25, 0.3) is 0 Å². The van der Waals surface area contributed by atoms with Crippen LogP contribution in [0.3, 0.4) is 0 Å². The first-order valence-corrected chi connectivity index (χ1v) is 9.35. The predicted molar refractivity (Wildman–Crippen MR) is 87.6 cm³/mol. The second-order valence-corrected chi connectivity index (χ2v) is 7.79. The summed E-state index contributed by atoms with van der Waals surface area (Å²) in [6.07, 6.45) is 2.38. The Morgan fingerprint density at radius 1 is 1.36 bits per heavy atom. The predicted octanol–water partition coefficient (Wildman–Crippen LogP) is 2.17. The van der Waals surface area contributed by atoms with E-state index in [1.165, 1.54) is 4.31 Å². The van der Waals surface area contributed by atoms with E-state index in [0.717, 1.165) is 6.42 Å². The van der Waals surface area contributed by atoms with Gasteiger partial charge in [-0.1, -0.05) is 17.7 Å². The summed E-state index contributed by atoms with van der Waals surface area (Å²) < 4.78 is 32.7. The van der Waals surface area contributed by atoms with Crippen molar-refractivity contribution < 1.29 is 13.2 Å². The lowest BCUT2D eigenvalue weighted by molar-refractivity contribution is 0.0209. The molecule has 1 saturated heterocycles. The Morgan fingerprint density at radius 3 is 2.68 bits per heavy atom. The molecule has 0 atom stereocenters. The number of hydrogen-bond donors (Lipinski definition) is 1. The van der Waals surface area contributed by atoms with Gasteiger partial charge in [0.1, 0.15) is 0 Å². The average Bonchev–Trinajstić information content (AvgIpc) is 2.50. The van der Waals surface area contributed by atoms with E-state index < -0.39 is 10.0 Å². The molecule has 1 aliphatic rings. The van der Waals surface area contributed by atoms with Gasteiger partial charge < -0.3 is 10.5 Å². The number of nitrogens with zero attached hydrogens (tertiary/aromatic N) is 1. The van der Waals surface area contributed by atoms with Crippen LogP contribution in [0.15, 0.2) is 23.1 Å². The third-order valence-corrected chi connectivity index (χ3v) is 6.39. The van der Waals surface area contributed by atoms with Crippen LogP contribution in [0, 0.1) is 6.92 Å². The normalized spacial score (nSPS) is 17.8. The molecule has 0 saturated carbocycles. The molecule has 0 amide bonds. The molecule has 0 spiro atoms. The summed E-state index contributed by atoms with van der Waals surface area (Å²) in [6, 6.07) is 4.98. The van der Waals surface area contributed by atoms with E-state index in [4.69, 9.17) is 22.1 Å². The minimum atomic E-state index is -3.49. The van der Waals surface area contributed by atoms with E-state index >= 15 is 0 Å². The van der Waals surface area contributed by atoms with Crippen LogP contribution in [0.5, 0.6) is 0 Å². The van der Waals surface area contributed by atoms with Crippen LogP contribution < -0.4 is 5.73 Å². The highest BCUT2D eigenvalue weighted by Crippen LogP contribution is 2.27. The highest BCUT2D eigenvalue weighted by atomic mass is 35.5. The second-order valence-electron chi connectivity index (χ2n) is 5.48. The van der Waals surface area contributed by atoms with Gasteiger partial charge in [0, 0.05) is 24.7 Å². The van der Waals surface area contributed by atoms with Gasteiger partial charge in [-0.05, 0) is 50.4 Å². The minimum Gasteiger partial charge on any atom is -0.378 e. The highest BCUT2D eigenvalue weighted by Gasteiger charge is 2.30. The Balaban J connectivity index is 2.02. The number of nitrogens with two attached hydrogens (primary N) is 1. The Kier molecular flexibility index (Phi) is 6.23. The number of sulfonamides is 1. The van der Waals surface area contributed by atoms with Gasteiger partial charge in [0.25, 0.3) is 0 Å². The van der Waals surface area contributed by atoms with Gasteiger partial charge in [0.05, 0.1) is 11.0 Å². The molecule has 1 aliphatic heterocycles. The molecule has 2 rings (SSSR count). The van der Waals surface area contributed by atoms with Gasteiger partial charge in [-0.3, -0.25) is 0 Å². The molecule has 1 aromatic carbocycles. The standard InChI is InChI=1S/C15H23ClN2O3S/c1-12-14(16)4-2-5-15(12)22(19,20)18-9-6-13(7-10-18)21-11-3-8-17/h2,4-5,13H,3,6-11,17H2,1H3. The van der Waals surface area contributed by atoms with E-state index in [9.17, 15) is 8.42 Å². The quantitative estimate of drug-likeness (QED) is 0.801. The van der Waals surface area contributed by atoms with Crippen LogP contribution in [-0.2, 0) is 14.8 Å². The van der Waals surface area contributed by atoms with Crippen LogP contribution >= 0.6 is 11.6 Å². The average molecular weight is 347 g/mol. The zero-order chi connectivity index (χ0) is 16.2. The molecule has 0 radical (unpaired) electrons. The molecule has 7 heteroatoms. The summed E-state index contributed by atoms with van der Waals surface area (Å²) in [5.74, 6) is 0. The van der Waals surface area contributed by atoms with Gasteiger partial charge in [-0.25, -0.2) is 8.42 Å². The van der Waals surface area contributed by atoms with Crippen LogP contribution in [0.1, 0.15) is 24.8 Å².